The Balaban J connectivity index is 2.35. The van der Waals surface area contributed by atoms with E-state index in [1.54, 1.807) is 25.2 Å². The molecule has 0 aliphatic carbocycles. The van der Waals surface area contributed by atoms with Gasteiger partial charge < -0.3 is 10.2 Å². The first kappa shape index (κ1) is 13.4. The normalized spacial score (nSPS) is 15.2. The molecule has 5 heteroatoms. The summed E-state index contributed by atoms with van der Waals surface area (Å²) in [4.78, 5) is 2.56. The molecular formula is C10H16O2S3. The molecule has 0 aromatic carbocycles. The Morgan fingerprint density at radius 3 is 1.80 bits per heavy atom. The van der Waals surface area contributed by atoms with Crippen molar-refractivity contribution in [2.75, 3.05) is 0 Å². The molecule has 0 aliphatic rings. The highest BCUT2D eigenvalue weighted by Crippen LogP contribution is 2.26. The summed E-state index contributed by atoms with van der Waals surface area (Å²) < 4.78 is 0. The van der Waals surface area contributed by atoms with Crippen LogP contribution >= 0.6 is 34.9 Å². The lowest BCUT2D eigenvalue weighted by Crippen LogP contribution is -1.91. The molecule has 15 heavy (non-hydrogen) atoms. The smallest absolute Gasteiger partial charge is 0.0968 e. The molecule has 1 aromatic heterocycles. The Morgan fingerprint density at radius 1 is 1.07 bits per heavy atom. The number of thioether (sulfide) groups is 2. The summed E-state index contributed by atoms with van der Waals surface area (Å²) in [5, 5.41) is 18.3. The zero-order valence-corrected chi connectivity index (χ0v) is 11.3. The maximum atomic E-state index is 9.13. The van der Waals surface area contributed by atoms with E-state index in [-0.39, 0.29) is 10.9 Å². The molecule has 2 nitrogen and oxygen atoms in total. The highest BCUT2D eigenvalue weighted by Gasteiger charge is 2.04. The molecule has 86 valence electrons. The van der Waals surface area contributed by atoms with Crippen LogP contribution in [0.4, 0.5) is 0 Å². The third-order valence-corrected chi connectivity index (χ3v) is 5.02. The number of aliphatic hydroxyl groups is 2. The molecule has 1 heterocycles. The van der Waals surface area contributed by atoms with Gasteiger partial charge in [-0.25, -0.2) is 0 Å². The average molecular weight is 264 g/mol. The van der Waals surface area contributed by atoms with Gasteiger partial charge in [0.15, 0.2) is 0 Å². The van der Waals surface area contributed by atoms with E-state index in [0.717, 1.165) is 11.5 Å². The van der Waals surface area contributed by atoms with Gasteiger partial charge in [-0.3, -0.25) is 0 Å². The number of aliphatic hydroxyl groups excluding tert-OH is 2. The fourth-order valence-electron chi connectivity index (χ4n) is 0.983. The molecule has 0 aliphatic heterocycles. The van der Waals surface area contributed by atoms with Crippen LogP contribution in [-0.4, -0.2) is 21.1 Å². The van der Waals surface area contributed by atoms with Crippen molar-refractivity contribution in [1.29, 1.82) is 0 Å². The van der Waals surface area contributed by atoms with Crippen molar-refractivity contribution < 1.29 is 10.2 Å². The largest absolute Gasteiger partial charge is 0.383 e. The Kier molecular flexibility index (Phi) is 6.07. The summed E-state index contributed by atoms with van der Waals surface area (Å²) in [5.41, 5.74) is -0.607. The maximum absolute atomic E-state index is 9.13. The van der Waals surface area contributed by atoms with Gasteiger partial charge in [-0.05, 0) is 26.0 Å². The summed E-state index contributed by atoms with van der Waals surface area (Å²) >= 11 is 4.82. The Bertz CT molecular complexity index is 257. The van der Waals surface area contributed by atoms with E-state index in [0.29, 0.717) is 0 Å². The minimum Gasteiger partial charge on any atom is -0.383 e. The SMILES string of the molecule is CC(O)SCc1ccc(CSC(C)O)s1. The molecule has 0 radical (unpaired) electrons. The van der Waals surface area contributed by atoms with Crippen molar-refractivity contribution in [3.05, 3.63) is 21.9 Å². The molecule has 0 bridgehead atoms. The molecule has 0 saturated heterocycles. The van der Waals surface area contributed by atoms with Crippen LogP contribution in [0.1, 0.15) is 23.6 Å². The molecular weight excluding hydrogens is 248 g/mol. The second-order valence-electron chi connectivity index (χ2n) is 3.19. The van der Waals surface area contributed by atoms with Gasteiger partial charge in [0, 0.05) is 21.3 Å². The predicted octanol–water partition coefficient (Wildman–Crippen LogP) is 2.89. The maximum Gasteiger partial charge on any atom is 0.0968 e. The second-order valence-corrected chi connectivity index (χ2v) is 7.05. The molecule has 1 aromatic rings. The van der Waals surface area contributed by atoms with Gasteiger partial charge in [0.1, 0.15) is 0 Å². The standard InChI is InChI=1S/C10H16O2S3/c1-7(11)13-5-9-3-4-10(15-9)6-14-8(2)12/h3-4,7-8,11-12H,5-6H2,1-2H3. The third kappa shape index (κ3) is 5.82. The van der Waals surface area contributed by atoms with Crippen LogP contribution in [-0.2, 0) is 11.5 Å². The van der Waals surface area contributed by atoms with Gasteiger partial charge in [0.05, 0.1) is 10.9 Å². The van der Waals surface area contributed by atoms with Gasteiger partial charge in [-0.1, -0.05) is 0 Å². The lowest BCUT2D eigenvalue weighted by Gasteiger charge is -2.02. The monoisotopic (exact) mass is 264 g/mol. The zero-order chi connectivity index (χ0) is 11.3. The molecule has 2 N–H and O–H groups in total. The van der Waals surface area contributed by atoms with Crippen molar-refractivity contribution in [3.8, 4) is 0 Å². The van der Waals surface area contributed by atoms with Crippen molar-refractivity contribution >= 4 is 34.9 Å². The van der Waals surface area contributed by atoms with E-state index in [1.807, 2.05) is 0 Å². The first-order chi connectivity index (χ1) is 7.08. The summed E-state index contributed by atoms with van der Waals surface area (Å²) in [7, 11) is 0. The fraction of sp³-hybridized carbons (Fsp3) is 0.600. The number of thiophene rings is 1. The summed E-state index contributed by atoms with van der Waals surface area (Å²) in [5.74, 6) is 1.73. The van der Waals surface area contributed by atoms with Crippen LogP contribution in [0.15, 0.2) is 12.1 Å². The van der Waals surface area contributed by atoms with Crippen LogP contribution in [0.25, 0.3) is 0 Å². The van der Waals surface area contributed by atoms with Crippen molar-refractivity contribution in [2.45, 2.75) is 36.2 Å². The van der Waals surface area contributed by atoms with Crippen LogP contribution in [0.3, 0.4) is 0 Å². The van der Waals surface area contributed by atoms with Crippen molar-refractivity contribution in [3.63, 3.8) is 0 Å². The number of hydrogen-bond donors (Lipinski definition) is 2. The zero-order valence-electron chi connectivity index (χ0n) is 8.84. The molecule has 0 fully saturated rings. The quantitative estimate of drug-likeness (QED) is 0.775. The Labute approximate surface area is 103 Å². The lowest BCUT2D eigenvalue weighted by molar-refractivity contribution is 0.283. The van der Waals surface area contributed by atoms with Gasteiger partial charge in [0.2, 0.25) is 0 Å². The van der Waals surface area contributed by atoms with Crippen molar-refractivity contribution in [1.82, 2.24) is 0 Å². The van der Waals surface area contributed by atoms with Crippen molar-refractivity contribution in [2.24, 2.45) is 0 Å². The third-order valence-electron chi connectivity index (χ3n) is 1.65. The van der Waals surface area contributed by atoms with Crippen LogP contribution < -0.4 is 0 Å². The van der Waals surface area contributed by atoms with Crippen LogP contribution in [0.5, 0.6) is 0 Å². The van der Waals surface area contributed by atoms with E-state index < -0.39 is 0 Å². The minimum absolute atomic E-state index is 0.303. The van der Waals surface area contributed by atoms with Crippen LogP contribution in [0.2, 0.25) is 0 Å². The van der Waals surface area contributed by atoms with Crippen LogP contribution in [0, 0.1) is 0 Å². The minimum atomic E-state index is -0.303. The Hall–Kier alpha value is 0.320. The lowest BCUT2D eigenvalue weighted by atomic mass is 10.5. The van der Waals surface area contributed by atoms with Gasteiger partial charge in [0.25, 0.3) is 0 Å². The molecule has 0 amide bonds. The predicted molar refractivity (Wildman–Crippen MR) is 70.3 cm³/mol. The average Bonchev–Trinajstić information content (AvgIpc) is 2.59. The van der Waals surface area contributed by atoms with Gasteiger partial charge >= 0.3 is 0 Å². The number of rotatable bonds is 6. The molecule has 0 saturated carbocycles. The first-order valence-corrected chi connectivity index (χ1v) is 7.66. The Morgan fingerprint density at radius 2 is 1.47 bits per heavy atom. The number of hydrogen-bond acceptors (Lipinski definition) is 5. The van der Waals surface area contributed by atoms with E-state index in [1.165, 1.54) is 33.3 Å². The topological polar surface area (TPSA) is 40.5 Å². The van der Waals surface area contributed by atoms with E-state index in [2.05, 4.69) is 12.1 Å². The van der Waals surface area contributed by atoms with Gasteiger partial charge in [-0.2, -0.15) is 0 Å². The van der Waals surface area contributed by atoms with E-state index in [9.17, 15) is 0 Å². The molecule has 0 spiro atoms. The highest BCUT2D eigenvalue weighted by atomic mass is 32.2. The van der Waals surface area contributed by atoms with E-state index in [4.69, 9.17) is 10.2 Å². The second kappa shape index (κ2) is 6.81. The highest BCUT2D eigenvalue weighted by molar-refractivity contribution is 7.99. The first-order valence-electron chi connectivity index (χ1n) is 4.75. The molecule has 2 unspecified atom stereocenters. The molecule has 2 atom stereocenters. The summed E-state index contributed by atoms with van der Waals surface area (Å²) in [6.45, 7) is 3.56. The molecule has 1 rings (SSSR count). The summed E-state index contributed by atoms with van der Waals surface area (Å²) in [6.07, 6.45) is 0. The van der Waals surface area contributed by atoms with E-state index >= 15 is 0 Å². The summed E-state index contributed by atoms with van der Waals surface area (Å²) in [6, 6.07) is 4.19. The fourth-order valence-corrected chi connectivity index (χ4v) is 3.47. The van der Waals surface area contributed by atoms with Gasteiger partial charge in [-0.15, -0.1) is 34.9 Å².